The molecule has 2 aromatic rings. The third-order valence-electron chi connectivity index (χ3n) is 6.18. The lowest BCUT2D eigenvalue weighted by Gasteiger charge is -2.45. The lowest BCUT2D eigenvalue weighted by Crippen LogP contribution is -2.56. The molecule has 0 saturated carbocycles. The molecule has 8 heteroatoms. The van der Waals surface area contributed by atoms with Crippen molar-refractivity contribution in [3.63, 3.8) is 0 Å². The van der Waals surface area contributed by atoms with Gasteiger partial charge in [-0.05, 0) is 59.5 Å². The predicted molar refractivity (Wildman–Crippen MR) is 123 cm³/mol. The van der Waals surface area contributed by atoms with E-state index in [0.29, 0.717) is 36.1 Å². The first-order valence-electron chi connectivity index (χ1n) is 10.6. The topological polar surface area (TPSA) is 75.9 Å². The number of ether oxygens (including phenoxy) is 1. The van der Waals surface area contributed by atoms with Crippen molar-refractivity contribution in [3.8, 4) is 0 Å². The van der Waals surface area contributed by atoms with Crippen LogP contribution in [0.4, 0.5) is 10.1 Å². The van der Waals surface area contributed by atoms with Crippen LogP contribution in [-0.4, -0.2) is 42.0 Å². The van der Waals surface area contributed by atoms with Gasteiger partial charge in [0.2, 0.25) is 0 Å². The fourth-order valence-electron chi connectivity index (χ4n) is 4.59. The number of piperidine rings is 1. The van der Waals surface area contributed by atoms with Crippen molar-refractivity contribution < 1.29 is 18.7 Å². The summed E-state index contributed by atoms with van der Waals surface area (Å²) in [6.07, 6.45) is 1.03. The maximum atomic E-state index is 14.2. The summed E-state index contributed by atoms with van der Waals surface area (Å²) in [7, 11) is 0. The summed E-state index contributed by atoms with van der Waals surface area (Å²) in [6.45, 7) is 3.92. The number of benzene rings is 2. The van der Waals surface area contributed by atoms with E-state index >= 15 is 0 Å². The second-order valence-corrected chi connectivity index (χ2v) is 8.89. The van der Waals surface area contributed by atoms with Crippen LogP contribution in [0.5, 0.6) is 0 Å². The molecule has 4 rings (SSSR count). The van der Waals surface area contributed by atoms with Crippen LogP contribution in [0.15, 0.2) is 64.3 Å². The molecule has 1 fully saturated rings. The van der Waals surface area contributed by atoms with Gasteiger partial charge in [-0.3, -0.25) is 14.6 Å². The number of carbonyl (C=O) groups excluding carboxylic acids is 2. The Balaban J connectivity index is 1.70. The lowest BCUT2D eigenvalue weighted by molar-refractivity contribution is -0.139. The van der Waals surface area contributed by atoms with Gasteiger partial charge in [0.25, 0.3) is 5.91 Å². The van der Waals surface area contributed by atoms with Gasteiger partial charge in [0, 0.05) is 24.1 Å². The van der Waals surface area contributed by atoms with E-state index in [2.05, 4.69) is 33.0 Å². The van der Waals surface area contributed by atoms with E-state index in [0.717, 1.165) is 6.54 Å². The number of amides is 1. The van der Waals surface area contributed by atoms with Crippen molar-refractivity contribution in [3.05, 3.63) is 75.7 Å². The van der Waals surface area contributed by atoms with E-state index in [-0.39, 0.29) is 17.9 Å². The third-order valence-corrected chi connectivity index (χ3v) is 6.85. The first-order valence-corrected chi connectivity index (χ1v) is 11.4. The normalized spacial score (nSPS) is 18.5. The maximum absolute atomic E-state index is 14.2. The molecule has 0 radical (unpaired) electrons. The number of hydrogen-bond acceptors (Lipinski definition) is 5. The average Bonchev–Trinajstić information content (AvgIpc) is 2.98. The monoisotopic (exact) mass is 501 g/mol. The molecular weight excluding hydrogens is 477 g/mol. The fourth-order valence-corrected chi connectivity index (χ4v) is 5.01. The number of nitrogens with zero attached hydrogens (tertiary/aromatic N) is 2. The largest absolute Gasteiger partial charge is 0.462 e. The molecule has 1 saturated heterocycles. The molecule has 2 N–H and O–H groups in total. The van der Waals surface area contributed by atoms with Gasteiger partial charge < -0.3 is 10.5 Å². The number of hydrogen-bond donors (Lipinski definition) is 1. The van der Waals surface area contributed by atoms with Gasteiger partial charge in [0.15, 0.2) is 0 Å². The highest BCUT2D eigenvalue weighted by Gasteiger charge is 2.55. The van der Waals surface area contributed by atoms with Gasteiger partial charge in [0.1, 0.15) is 11.4 Å². The number of esters is 1. The summed E-state index contributed by atoms with van der Waals surface area (Å²) >= 11 is 3.44. The van der Waals surface area contributed by atoms with Crippen molar-refractivity contribution in [1.82, 2.24) is 4.90 Å². The van der Waals surface area contributed by atoms with Gasteiger partial charge in [-0.2, -0.15) is 0 Å². The van der Waals surface area contributed by atoms with Crippen LogP contribution in [0.2, 0.25) is 0 Å². The Morgan fingerprint density at radius 1 is 1.19 bits per heavy atom. The molecule has 0 bridgehead atoms. The minimum absolute atomic E-state index is 0.129. The second kappa shape index (κ2) is 9.03. The summed E-state index contributed by atoms with van der Waals surface area (Å²) in [5, 5.41) is 0. The predicted octanol–water partition coefficient (Wildman–Crippen LogP) is 3.75. The number of carbonyl (C=O) groups is 2. The van der Waals surface area contributed by atoms with E-state index < -0.39 is 23.2 Å². The van der Waals surface area contributed by atoms with Crippen LogP contribution in [0, 0.1) is 5.82 Å². The third kappa shape index (κ3) is 3.93. The van der Waals surface area contributed by atoms with Crippen LogP contribution < -0.4 is 10.6 Å². The molecule has 0 unspecified atom stereocenters. The summed E-state index contributed by atoms with van der Waals surface area (Å²) < 4.78 is 19.8. The highest BCUT2D eigenvalue weighted by Crippen LogP contribution is 2.46. The number of anilines is 1. The van der Waals surface area contributed by atoms with Crippen LogP contribution in [-0.2, 0) is 20.9 Å². The maximum Gasteiger partial charge on any atom is 0.345 e. The molecule has 6 nitrogen and oxygen atoms in total. The Morgan fingerprint density at radius 3 is 2.53 bits per heavy atom. The summed E-state index contributed by atoms with van der Waals surface area (Å²) in [5.41, 5.74) is 7.21. The van der Waals surface area contributed by atoms with Crippen molar-refractivity contribution in [2.45, 2.75) is 31.8 Å². The Kier molecular flexibility index (Phi) is 6.35. The van der Waals surface area contributed by atoms with E-state index in [1.54, 1.807) is 13.0 Å². The minimum Gasteiger partial charge on any atom is -0.462 e. The summed E-state index contributed by atoms with van der Waals surface area (Å²) in [4.78, 5) is 29.9. The summed E-state index contributed by atoms with van der Waals surface area (Å²) in [5.74, 6) is -1.77. The van der Waals surface area contributed by atoms with Crippen molar-refractivity contribution in [1.29, 1.82) is 0 Å². The van der Waals surface area contributed by atoms with E-state index in [9.17, 15) is 14.0 Å². The number of halogens is 2. The second-order valence-electron chi connectivity index (χ2n) is 8.04. The molecule has 2 aliphatic rings. The molecule has 2 aromatic carbocycles. The van der Waals surface area contributed by atoms with Gasteiger partial charge in [-0.15, -0.1) is 0 Å². The molecule has 1 amide bonds. The summed E-state index contributed by atoms with van der Waals surface area (Å²) in [6, 6.07) is 14.3. The number of rotatable bonds is 5. The first-order chi connectivity index (χ1) is 15.4. The Bertz CT molecular complexity index is 1070. The molecule has 168 valence electrons. The highest BCUT2D eigenvalue weighted by atomic mass is 79.9. The SMILES string of the molecule is CCOC(=O)C1=C(N)C2(CCN(Cc3ccccc3)CC2)N(c2cc(F)ccc2Br)C1=O. The van der Waals surface area contributed by atoms with Crippen LogP contribution >= 0.6 is 15.9 Å². The molecule has 2 aliphatic heterocycles. The van der Waals surface area contributed by atoms with Crippen LogP contribution in [0.25, 0.3) is 0 Å². The molecular formula is C24H25BrFN3O3. The molecule has 2 heterocycles. The van der Waals surface area contributed by atoms with Crippen molar-refractivity contribution in [2.75, 3.05) is 24.6 Å². The molecule has 0 atom stereocenters. The quantitative estimate of drug-likeness (QED) is 0.498. The minimum atomic E-state index is -0.914. The highest BCUT2D eigenvalue weighted by molar-refractivity contribution is 9.10. The molecule has 0 aromatic heterocycles. The van der Waals surface area contributed by atoms with Gasteiger partial charge >= 0.3 is 5.97 Å². The zero-order valence-corrected chi connectivity index (χ0v) is 19.4. The van der Waals surface area contributed by atoms with E-state index in [4.69, 9.17) is 10.5 Å². The average molecular weight is 502 g/mol. The molecule has 0 aliphatic carbocycles. The standard InChI is InChI=1S/C24H25BrFN3O3/c1-2-32-23(31)20-21(27)24(29(22(20)30)19-14-17(26)8-9-18(19)25)10-12-28(13-11-24)15-16-6-4-3-5-7-16/h3-9,14H,2,10-13,15,27H2,1H3. The zero-order chi connectivity index (χ0) is 22.9. The van der Waals surface area contributed by atoms with Crippen LogP contribution in [0.3, 0.4) is 0 Å². The smallest absolute Gasteiger partial charge is 0.345 e. The van der Waals surface area contributed by atoms with Crippen molar-refractivity contribution in [2.24, 2.45) is 5.73 Å². The Labute approximate surface area is 194 Å². The van der Waals surface area contributed by atoms with Gasteiger partial charge in [-0.25, -0.2) is 9.18 Å². The van der Waals surface area contributed by atoms with E-state index in [1.807, 2.05) is 18.2 Å². The zero-order valence-electron chi connectivity index (χ0n) is 17.8. The number of likely N-dealkylation sites (tertiary alicyclic amines) is 1. The van der Waals surface area contributed by atoms with Crippen LogP contribution in [0.1, 0.15) is 25.3 Å². The van der Waals surface area contributed by atoms with Gasteiger partial charge in [0.05, 0.1) is 23.5 Å². The fraction of sp³-hybridized carbons (Fsp3) is 0.333. The lowest BCUT2D eigenvalue weighted by atomic mass is 9.83. The molecule has 32 heavy (non-hydrogen) atoms. The van der Waals surface area contributed by atoms with Crippen molar-refractivity contribution >= 4 is 33.5 Å². The molecule has 1 spiro atoms. The van der Waals surface area contributed by atoms with E-state index in [1.165, 1.54) is 22.6 Å². The van der Waals surface area contributed by atoms with Gasteiger partial charge in [-0.1, -0.05) is 30.3 Å². The Morgan fingerprint density at radius 2 is 1.88 bits per heavy atom. The Hall–Kier alpha value is -2.71. The first kappa shape index (κ1) is 22.5. The number of nitrogens with two attached hydrogens (primary N) is 1.